The van der Waals surface area contributed by atoms with Crippen LogP contribution in [0.3, 0.4) is 0 Å². The van der Waals surface area contributed by atoms with E-state index in [-0.39, 0.29) is 16.9 Å². The van der Waals surface area contributed by atoms with Crippen molar-refractivity contribution in [2.24, 2.45) is 0 Å². The molecule has 3 aromatic carbocycles. The highest BCUT2D eigenvalue weighted by Crippen LogP contribution is 2.32. The van der Waals surface area contributed by atoms with E-state index in [1.54, 1.807) is 36.4 Å². The largest absolute Gasteiger partial charge is 0.452 e. The second-order valence-electron chi connectivity index (χ2n) is 6.82. The minimum Gasteiger partial charge on any atom is -0.452 e. The molecule has 4 aromatic rings. The minimum atomic E-state index is -0.634. The first-order chi connectivity index (χ1) is 13.9. The van der Waals surface area contributed by atoms with E-state index in [1.807, 2.05) is 44.2 Å². The molecule has 29 heavy (non-hydrogen) atoms. The standard InChI is InChI=1S/C24H17BrO4/c1-14-7-10-16(11-8-14)22-23(29-24(27)17-5-3-4-6-19(17)25)21(26)18-13-15(2)9-12-20(18)28-22/h3-13H,1-2H3. The van der Waals surface area contributed by atoms with E-state index in [9.17, 15) is 9.59 Å². The highest BCUT2D eigenvalue weighted by Gasteiger charge is 2.22. The van der Waals surface area contributed by atoms with Gasteiger partial charge in [0.1, 0.15) is 5.58 Å². The fraction of sp³-hybridized carbons (Fsp3) is 0.0833. The van der Waals surface area contributed by atoms with Gasteiger partial charge in [-0.2, -0.15) is 0 Å². The molecule has 0 amide bonds. The van der Waals surface area contributed by atoms with Crippen molar-refractivity contribution in [3.8, 4) is 17.1 Å². The molecule has 4 nitrogen and oxygen atoms in total. The summed E-state index contributed by atoms with van der Waals surface area (Å²) < 4.78 is 12.2. The highest BCUT2D eigenvalue weighted by atomic mass is 79.9. The fourth-order valence-corrected chi connectivity index (χ4v) is 3.50. The van der Waals surface area contributed by atoms with Gasteiger partial charge in [0.25, 0.3) is 0 Å². The summed E-state index contributed by atoms with van der Waals surface area (Å²) in [5.74, 6) is -0.524. The van der Waals surface area contributed by atoms with Crippen molar-refractivity contribution in [1.82, 2.24) is 0 Å². The first-order valence-electron chi connectivity index (χ1n) is 9.05. The Morgan fingerprint density at radius 2 is 1.62 bits per heavy atom. The Morgan fingerprint density at radius 1 is 0.931 bits per heavy atom. The molecule has 0 fully saturated rings. The maximum Gasteiger partial charge on any atom is 0.344 e. The molecule has 0 saturated heterocycles. The van der Waals surface area contributed by atoms with Gasteiger partial charge >= 0.3 is 5.97 Å². The third-order valence-corrected chi connectivity index (χ3v) is 5.30. The fourth-order valence-electron chi connectivity index (χ4n) is 3.05. The third-order valence-electron chi connectivity index (χ3n) is 4.61. The molecular formula is C24H17BrO4. The summed E-state index contributed by atoms with van der Waals surface area (Å²) in [6.07, 6.45) is 0. The van der Waals surface area contributed by atoms with Crippen LogP contribution in [0.25, 0.3) is 22.3 Å². The first kappa shape index (κ1) is 19.2. The smallest absolute Gasteiger partial charge is 0.344 e. The van der Waals surface area contributed by atoms with Crippen LogP contribution in [-0.2, 0) is 0 Å². The normalized spacial score (nSPS) is 10.9. The number of halogens is 1. The number of hydrogen-bond acceptors (Lipinski definition) is 4. The molecule has 0 radical (unpaired) electrons. The van der Waals surface area contributed by atoms with Gasteiger partial charge in [0.15, 0.2) is 5.76 Å². The molecule has 0 aliphatic rings. The van der Waals surface area contributed by atoms with Crippen molar-refractivity contribution < 1.29 is 13.9 Å². The van der Waals surface area contributed by atoms with Gasteiger partial charge in [-0.3, -0.25) is 4.79 Å². The topological polar surface area (TPSA) is 56.5 Å². The van der Waals surface area contributed by atoms with E-state index in [0.29, 0.717) is 26.6 Å². The molecule has 0 atom stereocenters. The Bertz CT molecular complexity index is 1290. The van der Waals surface area contributed by atoms with Crippen LogP contribution < -0.4 is 10.2 Å². The molecular weight excluding hydrogens is 432 g/mol. The van der Waals surface area contributed by atoms with Gasteiger partial charge in [-0.25, -0.2) is 4.79 Å². The highest BCUT2D eigenvalue weighted by molar-refractivity contribution is 9.10. The molecule has 1 aromatic heterocycles. The van der Waals surface area contributed by atoms with Gasteiger partial charge in [0.2, 0.25) is 11.2 Å². The second-order valence-corrected chi connectivity index (χ2v) is 7.68. The van der Waals surface area contributed by atoms with E-state index in [1.165, 1.54) is 0 Å². The lowest BCUT2D eigenvalue weighted by Gasteiger charge is -2.11. The Balaban J connectivity index is 1.92. The molecule has 0 bridgehead atoms. The number of fused-ring (bicyclic) bond motifs is 1. The van der Waals surface area contributed by atoms with Crippen LogP contribution >= 0.6 is 15.9 Å². The van der Waals surface area contributed by atoms with Gasteiger partial charge in [-0.15, -0.1) is 0 Å². The molecule has 144 valence electrons. The summed E-state index contributed by atoms with van der Waals surface area (Å²) in [6, 6.07) is 19.7. The average Bonchev–Trinajstić information content (AvgIpc) is 2.71. The molecule has 0 saturated carbocycles. The number of aryl methyl sites for hydroxylation is 2. The van der Waals surface area contributed by atoms with Crippen LogP contribution in [0.1, 0.15) is 21.5 Å². The number of benzene rings is 3. The van der Waals surface area contributed by atoms with Crippen molar-refractivity contribution >= 4 is 32.9 Å². The molecule has 0 N–H and O–H groups in total. The van der Waals surface area contributed by atoms with Crippen molar-refractivity contribution in [2.75, 3.05) is 0 Å². The van der Waals surface area contributed by atoms with E-state index in [4.69, 9.17) is 9.15 Å². The van der Waals surface area contributed by atoms with Gasteiger partial charge in [-0.05, 0) is 54.0 Å². The van der Waals surface area contributed by atoms with Crippen LogP contribution in [0.15, 0.2) is 80.4 Å². The van der Waals surface area contributed by atoms with Crippen molar-refractivity contribution in [3.63, 3.8) is 0 Å². The number of ether oxygens (including phenoxy) is 1. The second kappa shape index (κ2) is 7.68. The zero-order valence-electron chi connectivity index (χ0n) is 15.9. The molecule has 0 spiro atoms. The Labute approximate surface area is 175 Å². The summed E-state index contributed by atoms with van der Waals surface area (Å²) in [6.45, 7) is 3.86. The van der Waals surface area contributed by atoms with E-state index >= 15 is 0 Å². The van der Waals surface area contributed by atoms with Gasteiger partial charge in [-0.1, -0.05) is 53.6 Å². The first-order valence-corrected chi connectivity index (χ1v) is 9.84. The molecule has 5 heteroatoms. The summed E-state index contributed by atoms with van der Waals surface area (Å²) in [5, 5.41) is 0.371. The van der Waals surface area contributed by atoms with Crippen LogP contribution in [0.4, 0.5) is 0 Å². The van der Waals surface area contributed by atoms with E-state index in [0.717, 1.165) is 11.1 Å². The molecule has 0 aliphatic carbocycles. The Kier molecular flexibility index (Phi) is 5.07. The van der Waals surface area contributed by atoms with Crippen LogP contribution in [0, 0.1) is 13.8 Å². The predicted molar refractivity (Wildman–Crippen MR) is 116 cm³/mol. The monoisotopic (exact) mass is 448 g/mol. The summed E-state index contributed by atoms with van der Waals surface area (Å²) in [4.78, 5) is 26.0. The van der Waals surface area contributed by atoms with Crippen molar-refractivity contribution in [3.05, 3.63) is 98.1 Å². The number of hydrogen-bond donors (Lipinski definition) is 0. The lowest BCUT2D eigenvalue weighted by Crippen LogP contribution is -2.16. The summed E-state index contributed by atoms with van der Waals surface area (Å²) in [7, 11) is 0. The van der Waals surface area contributed by atoms with Gasteiger partial charge in [0, 0.05) is 10.0 Å². The summed E-state index contributed by atoms with van der Waals surface area (Å²) >= 11 is 3.35. The third kappa shape index (κ3) is 3.74. The predicted octanol–water partition coefficient (Wildman–Crippen LogP) is 6.06. The average molecular weight is 449 g/mol. The van der Waals surface area contributed by atoms with Crippen LogP contribution in [0.5, 0.6) is 5.75 Å². The lowest BCUT2D eigenvalue weighted by atomic mass is 10.1. The number of carbonyl (C=O) groups is 1. The minimum absolute atomic E-state index is 0.118. The number of rotatable bonds is 3. The van der Waals surface area contributed by atoms with Crippen LogP contribution in [-0.4, -0.2) is 5.97 Å². The van der Waals surface area contributed by atoms with Gasteiger partial charge < -0.3 is 9.15 Å². The maximum absolute atomic E-state index is 13.2. The molecule has 0 unspecified atom stereocenters. The lowest BCUT2D eigenvalue weighted by molar-refractivity contribution is 0.0730. The quantitative estimate of drug-likeness (QED) is 0.357. The number of carbonyl (C=O) groups excluding carboxylic acids is 1. The Morgan fingerprint density at radius 3 is 2.34 bits per heavy atom. The van der Waals surface area contributed by atoms with E-state index in [2.05, 4.69) is 15.9 Å². The zero-order valence-corrected chi connectivity index (χ0v) is 17.4. The Hall–Kier alpha value is -3.18. The number of esters is 1. The van der Waals surface area contributed by atoms with Crippen molar-refractivity contribution in [2.45, 2.75) is 13.8 Å². The van der Waals surface area contributed by atoms with E-state index < -0.39 is 5.97 Å². The molecule has 0 aliphatic heterocycles. The molecule has 1 heterocycles. The zero-order chi connectivity index (χ0) is 20.5. The maximum atomic E-state index is 13.2. The van der Waals surface area contributed by atoms with Crippen molar-refractivity contribution in [1.29, 1.82) is 0 Å². The molecule has 4 rings (SSSR count). The van der Waals surface area contributed by atoms with Gasteiger partial charge in [0.05, 0.1) is 10.9 Å². The van der Waals surface area contributed by atoms with Crippen LogP contribution in [0.2, 0.25) is 0 Å². The SMILES string of the molecule is Cc1ccc(-c2oc3ccc(C)cc3c(=O)c2OC(=O)c2ccccc2Br)cc1. The summed E-state index contributed by atoms with van der Waals surface area (Å²) in [5.41, 5.74) is 3.02.